The number of hydrogen-bond donors (Lipinski definition) is 1. The van der Waals surface area contributed by atoms with Crippen molar-refractivity contribution in [2.75, 3.05) is 83.6 Å². The zero-order chi connectivity index (χ0) is 86.3. The molecule has 25 nitrogen and oxygen atoms in total. The second kappa shape index (κ2) is 48.1. The van der Waals surface area contributed by atoms with Gasteiger partial charge in [0.05, 0.1) is 54.2 Å². The Labute approximate surface area is 740 Å². The molecule has 10 rings (SSSR count). The van der Waals surface area contributed by atoms with Crippen molar-refractivity contribution >= 4 is 83.1 Å². The summed E-state index contributed by atoms with van der Waals surface area (Å²) in [6, 6.07) is 40.9. The minimum absolute atomic E-state index is 0. The van der Waals surface area contributed by atoms with Crippen LogP contribution < -0.4 is 88.6 Å². The van der Waals surface area contributed by atoms with E-state index in [4.69, 9.17) is 13.6 Å². The van der Waals surface area contributed by atoms with Gasteiger partial charge in [-0.15, -0.1) is 0 Å². The Kier molecular flexibility index (Phi) is 42.9. The smallest absolute Gasteiger partial charge is 1.00 e. The number of hydrogen-bond acceptors (Lipinski definition) is 21. The molecule has 4 aromatic carbocycles. The number of anilines is 1. The summed E-state index contributed by atoms with van der Waals surface area (Å²) in [5.41, 5.74) is 10.5. The van der Waals surface area contributed by atoms with Gasteiger partial charge in [-0.3, -0.25) is 22.5 Å². The predicted molar refractivity (Wildman–Crippen MR) is 436 cm³/mol. The molecule has 2 aliphatic carbocycles. The summed E-state index contributed by atoms with van der Waals surface area (Å²) in [6.07, 6.45) is 7.28. The summed E-state index contributed by atoms with van der Waals surface area (Å²) < 4.78 is 205. The topological polar surface area (TPSA) is 359 Å². The van der Waals surface area contributed by atoms with Gasteiger partial charge >= 0.3 is 78.6 Å². The number of methoxy groups -OCH3 is 3. The van der Waals surface area contributed by atoms with Crippen LogP contribution in [0.1, 0.15) is 140 Å². The number of aliphatic carboxylic acids is 1. The summed E-state index contributed by atoms with van der Waals surface area (Å²) in [7, 11) is -17.5. The van der Waals surface area contributed by atoms with Crippen LogP contribution in [0.2, 0.25) is 0 Å². The van der Waals surface area contributed by atoms with Crippen LogP contribution in [0.4, 0.5) is 24.3 Å². The molecule has 0 saturated carbocycles. The molecule has 4 heterocycles. The zero-order valence-corrected chi connectivity index (χ0v) is 77.4. The minimum atomic E-state index is -4.83. The minimum Gasteiger partial charge on any atom is -1.00 e. The molecular weight excluding hydrogens is 1650 g/mol. The van der Waals surface area contributed by atoms with Crippen molar-refractivity contribution in [3.63, 3.8) is 0 Å². The molecule has 0 spiro atoms. The fraction of sp³-hybridized carbons (Fsp3) is 0.410. The molecule has 4 aliphatic heterocycles. The van der Waals surface area contributed by atoms with E-state index in [1.807, 2.05) is 104 Å². The van der Waals surface area contributed by atoms with Crippen LogP contribution in [0, 0.1) is 20.8 Å². The fourth-order valence-electron chi connectivity index (χ4n) is 14.4. The maximum Gasteiger partial charge on any atom is 1.00 e. The number of benzene rings is 6. The summed E-state index contributed by atoms with van der Waals surface area (Å²) >= 11 is 0. The third kappa shape index (κ3) is 29.3. The van der Waals surface area contributed by atoms with E-state index in [1.165, 1.54) is 79.8 Å². The fourth-order valence-corrected chi connectivity index (χ4v) is 16.3. The molecule has 2 atom stereocenters. The molecule has 1 N–H and O–H groups in total. The van der Waals surface area contributed by atoms with E-state index >= 15 is 0 Å². The maximum absolute atomic E-state index is 12.1. The quantitative estimate of drug-likeness (QED) is 0.0165. The first-order valence-corrected chi connectivity index (χ1v) is 43.7. The molecule has 0 fully saturated rings. The van der Waals surface area contributed by atoms with Gasteiger partial charge in [0.15, 0.2) is 5.71 Å². The van der Waals surface area contributed by atoms with E-state index in [2.05, 4.69) is 113 Å². The Balaban J connectivity index is 0.000000461. The van der Waals surface area contributed by atoms with Crippen LogP contribution in [-0.2, 0) is 79.8 Å². The third-order valence-electron chi connectivity index (χ3n) is 20.4. The first-order chi connectivity index (χ1) is 54.6. The number of carboxylic acid groups (broad SMARTS) is 1. The molecule has 0 saturated heterocycles. The van der Waals surface area contributed by atoms with E-state index < -0.39 is 87.7 Å². The normalized spacial score (nSPS) is 15.2. The first-order valence-electron chi connectivity index (χ1n) is 37.7. The monoisotopic (exact) mass is 1750 g/mol. The molecule has 638 valence electrons. The van der Waals surface area contributed by atoms with Crippen molar-refractivity contribution in [3.05, 3.63) is 195 Å². The van der Waals surface area contributed by atoms with E-state index in [0.29, 0.717) is 52.6 Å². The van der Waals surface area contributed by atoms with Crippen LogP contribution >= 0.6 is 0 Å². The number of fused-ring (bicyclic) bond motifs is 4. The Hall–Kier alpha value is -7.07. The van der Waals surface area contributed by atoms with Gasteiger partial charge in [-0.05, 0) is 172 Å². The summed E-state index contributed by atoms with van der Waals surface area (Å²) in [5.74, 6) is 0.875. The Morgan fingerprint density at radius 2 is 1.04 bits per heavy atom. The molecule has 0 aromatic heterocycles. The second-order valence-electron chi connectivity index (χ2n) is 27.7. The number of carbonyl (C=O) groups is 2. The summed E-state index contributed by atoms with van der Waals surface area (Å²) in [5, 5.41) is 11.7. The van der Waals surface area contributed by atoms with Crippen molar-refractivity contribution in [2.24, 2.45) is 0 Å². The summed E-state index contributed by atoms with van der Waals surface area (Å²) in [6.45, 7) is 25.9. The van der Waals surface area contributed by atoms with Crippen molar-refractivity contribution in [1.82, 2.24) is 9.15 Å². The number of esters is 1. The van der Waals surface area contributed by atoms with Crippen LogP contribution in [0.15, 0.2) is 170 Å². The van der Waals surface area contributed by atoms with E-state index in [1.54, 1.807) is 6.92 Å². The zero-order valence-electron chi connectivity index (χ0n) is 70.2. The van der Waals surface area contributed by atoms with Gasteiger partial charge in [0.2, 0.25) is 16.4 Å². The molecule has 0 radical (unpaired) electrons. The predicted octanol–water partition coefficient (Wildman–Crippen LogP) is 4.16. The average Bonchev–Trinajstić information content (AvgIpc) is 1.68. The first kappa shape index (κ1) is 106. The Morgan fingerprint density at radius 1 is 0.588 bits per heavy atom. The number of ether oxygens (including phenoxy) is 4. The molecule has 36 heteroatoms. The van der Waals surface area contributed by atoms with E-state index in [0.717, 1.165) is 76.6 Å². The van der Waals surface area contributed by atoms with Crippen LogP contribution in [0.5, 0.6) is 0 Å². The van der Waals surface area contributed by atoms with Crippen molar-refractivity contribution in [3.8, 4) is 45.3 Å². The number of rotatable bonds is 30. The van der Waals surface area contributed by atoms with Gasteiger partial charge in [0.25, 0.3) is 6.48 Å². The van der Waals surface area contributed by atoms with Crippen molar-refractivity contribution < 1.29 is 176 Å². The van der Waals surface area contributed by atoms with Crippen molar-refractivity contribution in [2.45, 2.75) is 155 Å². The standard InChI is InChI=1S/C39H44N2O9S2.C21H24NO.C19H27NO8S2.C4H10O3.BF3.FH.2Na/c1-5-40(6-2)29-18-20-32-31(27(3)38(50-35(32)25-29)28-13-8-7-9-14-28)15-10-16-36-39(4,22-11-17-37(42)43)33-26-30(52(47,48)49)19-21-34(33)41(36)23-12-24-51(44,45)46;1-5-22(6-2)18-12-13-19-15(3)16(4)21(23-20(19)14-18)17-10-8-7-9-11-17;1-4-28-18(21)7-5-10-19(3)14(2)20(11-6-12-29(22,23)24)17-9-8-15(13-16(17)19)30(25,26)27;1-5-4(6-2)7-3;2-1(3)4;;;/h7-10,13-16,18-21,25-26H,5-6,11-12,17,22-24H2,1-4H3,(H2-,42,43,44,45,46,47,48,49);7-14H,5-6H2,1-4H3;8-9,13H,4-7,10-12H2,1-3H3,(H-,22,23,24,25,26,27);4H,1-3H3;;1H;;/q;+1;;;;;2*+1/p-3. The van der Waals surface area contributed by atoms with E-state index in [-0.39, 0.29) is 133 Å². The van der Waals surface area contributed by atoms with Crippen molar-refractivity contribution in [1.29, 1.82) is 0 Å². The van der Waals surface area contributed by atoms with Gasteiger partial charge < -0.3 is 60.7 Å². The van der Waals surface area contributed by atoms with Crippen LogP contribution in [0.3, 0.4) is 0 Å². The second-order valence-corrected chi connectivity index (χ2v) is 33.5. The van der Waals surface area contributed by atoms with Crippen LogP contribution in [-0.4, -0.2) is 172 Å². The third-order valence-corrected chi connectivity index (χ3v) is 23.7. The number of nitrogens with zero attached hydrogens (tertiary/aromatic N) is 4. The largest absolute Gasteiger partial charge is 1.00 e. The Morgan fingerprint density at radius 3 is 1.50 bits per heavy atom. The maximum atomic E-state index is 12.1. The van der Waals surface area contributed by atoms with E-state index in [9.17, 15) is 79.5 Å². The molecule has 4 aromatic rings. The summed E-state index contributed by atoms with van der Waals surface area (Å²) in [4.78, 5) is 24.3. The molecule has 0 bridgehead atoms. The molecule has 0 amide bonds. The average molecular weight is 1750 g/mol. The van der Waals surface area contributed by atoms with Gasteiger partial charge in [0.1, 0.15) is 76.0 Å². The number of allylic oxidation sites excluding steroid dienone is 3. The van der Waals surface area contributed by atoms with Gasteiger partial charge in [-0.25, -0.2) is 42.8 Å². The SMILES string of the molecule is CCOC(=O)CCCC1(C)C(C)=[N+](CCCS(=O)(=O)[O-])c2ccc(S(=O)(=O)[O-])cc21.CC[N+](CC)=c1ccc2c(C)c(C)c(-c3ccccc3)oc-2c1.CC[N+](CC)=c1ccc2c(C=CC=C3N(CCCS(=O)(=O)[O-])c4ccc(S(=O)(=O)[O-])cc4C3(C)CCCC(=O)O)c(C)c(-c3ccccc3)oc-2c1.COC(OC)OC.FB(F)F.[F-].[Na+].[Na+]. The number of carbonyl (C=O) groups excluding carboxylic acids is 1. The molecular formula is C83H103BF4N4Na2O21S4. The van der Waals surface area contributed by atoms with Crippen LogP contribution in [0.25, 0.3) is 51.4 Å². The number of carboxylic acids is 1. The molecule has 2 unspecified atom stereocenters. The van der Waals surface area contributed by atoms with Gasteiger partial charge in [0, 0.05) is 134 Å². The number of halogens is 4. The van der Waals surface area contributed by atoms with Gasteiger partial charge in [-0.2, -0.15) is 4.58 Å². The molecule has 119 heavy (non-hydrogen) atoms. The molecule has 6 aliphatic rings. The van der Waals surface area contributed by atoms with Gasteiger partial charge in [-0.1, -0.05) is 72.8 Å². The Bertz CT molecular complexity index is 5390.